The van der Waals surface area contributed by atoms with E-state index in [-0.39, 0.29) is 11.4 Å². The molecule has 0 aromatic rings. The zero-order chi connectivity index (χ0) is 12.9. The highest BCUT2D eigenvalue weighted by atomic mass is 16.5. The summed E-state index contributed by atoms with van der Waals surface area (Å²) in [4.78, 5) is 15.9. The Hall–Kier alpha value is -0.610. The summed E-state index contributed by atoms with van der Waals surface area (Å²) in [5.74, 6) is 0.282. The molecule has 0 saturated carbocycles. The van der Waals surface area contributed by atoms with Crippen molar-refractivity contribution in [2.24, 2.45) is 0 Å². The van der Waals surface area contributed by atoms with Crippen molar-refractivity contribution in [1.29, 1.82) is 0 Å². The van der Waals surface area contributed by atoms with Crippen molar-refractivity contribution < 1.29 is 9.53 Å². The molecule has 1 fully saturated rings. The van der Waals surface area contributed by atoms with Crippen LogP contribution in [0.5, 0.6) is 0 Å². The maximum atomic E-state index is 11.6. The van der Waals surface area contributed by atoms with E-state index < -0.39 is 0 Å². The molecule has 4 nitrogen and oxygen atoms in total. The first kappa shape index (κ1) is 14.5. The van der Waals surface area contributed by atoms with Crippen molar-refractivity contribution >= 4 is 5.91 Å². The molecule has 17 heavy (non-hydrogen) atoms. The number of piperidine rings is 1. The van der Waals surface area contributed by atoms with Gasteiger partial charge in [0.05, 0.1) is 0 Å². The van der Waals surface area contributed by atoms with Crippen LogP contribution in [0.2, 0.25) is 0 Å². The Kier molecular flexibility index (Phi) is 5.40. The fraction of sp³-hybridized carbons (Fsp3) is 0.923. The predicted molar refractivity (Wildman–Crippen MR) is 69.0 cm³/mol. The third-order valence-corrected chi connectivity index (χ3v) is 4.07. The Bertz CT molecular complexity index is 246. The topological polar surface area (TPSA) is 32.8 Å². The number of carbonyl (C=O) groups is 1. The van der Waals surface area contributed by atoms with E-state index in [9.17, 15) is 4.79 Å². The number of rotatable bonds is 5. The molecule has 0 aliphatic carbocycles. The Morgan fingerprint density at radius 1 is 1.35 bits per heavy atom. The summed E-state index contributed by atoms with van der Waals surface area (Å²) in [7, 11) is 6.01. The number of methoxy groups -OCH3 is 1. The molecule has 100 valence electrons. The van der Waals surface area contributed by atoms with E-state index in [4.69, 9.17) is 4.74 Å². The first-order valence-corrected chi connectivity index (χ1v) is 6.50. The molecule has 1 heterocycles. The summed E-state index contributed by atoms with van der Waals surface area (Å²) in [6.45, 7) is 4.49. The van der Waals surface area contributed by atoms with Crippen LogP contribution in [0.3, 0.4) is 0 Å². The second kappa shape index (κ2) is 6.36. The van der Waals surface area contributed by atoms with Crippen LogP contribution >= 0.6 is 0 Å². The van der Waals surface area contributed by atoms with Crippen LogP contribution in [0.15, 0.2) is 0 Å². The van der Waals surface area contributed by atoms with Crippen LogP contribution in [-0.4, -0.2) is 62.1 Å². The highest BCUT2D eigenvalue weighted by molar-refractivity contribution is 5.75. The average Bonchev–Trinajstić information content (AvgIpc) is 2.35. The van der Waals surface area contributed by atoms with Crippen molar-refractivity contribution in [1.82, 2.24) is 9.80 Å². The lowest BCUT2D eigenvalue weighted by Crippen LogP contribution is -2.54. The van der Waals surface area contributed by atoms with Gasteiger partial charge in [-0.1, -0.05) is 6.92 Å². The standard InChI is InChI=1S/C13H26N2O2/c1-5-12(16)15-9-6-13(7-10-15,14(2)3)8-11-17-4/h5-11H2,1-4H3. The summed E-state index contributed by atoms with van der Waals surface area (Å²) < 4.78 is 5.21. The maximum Gasteiger partial charge on any atom is 0.222 e. The van der Waals surface area contributed by atoms with Crippen LogP contribution in [0, 0.1) is 0 Å². The van der Waals surface area contributed by atoms with Crippen molar-refractivity contribution in [3.63, 3.8) is 0 Å². The summed E-state index contributed by atoms with van der Waals surface area (Å²) in [6, 6.07) is 0. The van der Waals surface area contributed by atoms with Crippen LogP contribution in [0.25, 0.3) is 0 Å². The SMILES string of the molecule is CCC(=O)N1CCC(CCOC)(N(C)C)CC1. The highest BCUT2D eigenvalue weighted by Crippen LogP contribution is 2.30. The van der Waals surface area contributed by atoms with Gasteiger partial charge in [0, 0.05) is 38.8 Å². The van der Waals surface area contributed by atoms with Crippen molar-refractivity contribution in [3.05, 3.63) is 0 Å². The van der Waals surface area contributed by atoms with E-state index >= 15 is 0 Å². The molecule has 0 radical (unpaired) electrons. The molecule has 0 atom stereocenters. The van der Waals surface area contributed by atoms with Crippen LogP contribution in [0.1, 0.15) is 32.6 Å². The van der Waals surface area contributed by atoms with Gasteiger partial charge in [-0.3, -0.25) is 4.79 Å². The Morgan fingerprint density at radius 2 is 1.94 bits per heavy atom. The Balaban J connectivity index is 2.57. The van der Waals surface area contributed by atoms with E-state index in [1.807, 2.05) is 11.8 Å². The van der Waals surface area contributed by atoms with Gasteiger partial charge in [0.15, 0.2) is 0 Å². The minimum absolute atomic E-state index is 0.209. The molecule has 0 N–H and O–H groups in total. The van der Waals surface area contributed by atoms with E-state index in [1.165, 1.54) is 0 Å². The summed E-state index contributed by atoms with van der Waals surface area (Å²) in [6.07, 6.45) is 3.77. The first-order valence-electron chi connectivity index (χ1n) is 6.50. The van der Waals surface area contributed by atoms with Gasteiger partial charge < -0.3 is 14.5 Å². The fourth-order valence-corrected chi connectivity index (χ4v) is 2.61. The number of hydrogen-bond acceptors (Lipinski definition) is 3. The van der Waals surface area contributed by atoms with Gasteiger partial charge in [0.1, 0.15) is 0 Å². The van der Waals surface area contributed by atoms with E-state index in [1.54, 1.807) is 7.11 Å². The number of carbonyl (C=O) groups excluding carboxylic acids is 1. The van der Waals surface area contributed by atoms with Gasteiger partial charge in [-0.05, 0) is 33.4 Å². The summed E-state index contributed by atoms with van der Waals surface area (Å²) >= 11 is 0. The second-order valence-corrected chi connectivity index (χ2v) is 5.10. The predicted octanol–water partition coefficient (Wildman–Crippen LogP) is 1.36. The lowest BCUT2D eigenvalue weighted by molar-refractivity contribution is -0.133. The highest BCUT2D eigenvalue weighted by Gasteiger charge is 2.36. The van der Waals surface area contributed by atoms with Crippen LogP contribution in [0.4, 0.5) is 0 Å². The van der Waals surface area contributed by atoms with Crippen molar-refractivity contribution in [2.75, 3.05) is 40.9 Å². The number of nitrogens with zero attached hydrogens (tertiary/aromatic N) is 2. The average molecular weight is 242 g/mol. The molecular formula is C13H26N2O2. The monoisotopic (exact) mass is 242 g/mol. The van der Waals surface area contributed by atoms with Gasteiger partial charge in [0.25, 0.3) is 0 Å². The third kappa shape index (κ3) is 3.42. The molecule has 1 amide bonds. The number of hydrogen-bond donors (Lipinski definition) is 0. The maximum absolute atomic E-state index is 11.6. The summed E-state index contributed by atoms with van der Waals surface area (Å²) in [5, 5.41) is 0. The molecule has 4 heteroatoms. The number of ether oxygens (including phenoxy) is 1. The van der Waals surface area contributed by atoms with Gasteiger partial charge >= 0.3 is 0 Å². The second-order valence-electron chi connectivity index (χ2n) is 5.10. The Labute approximate surface area is 105 Å². The van der Waals surface area contributed by atoms with E-state index in [2.05, 4.69) is 19.0 Å². The summed E-state index contributed by atoms with van der Waals surface area (Å²) in [5.41, 5.74) is 0.209. The number of likely N-dealkylation sites (tertiary alicyclic amines) is 1. The van der Waals surface area contributed by atoms with Crippen molar-refractivity contribution in [2.45, 2.75) is 38.1 Å². The zero-order valence-corrected chi connectivity index (χ0v) is 11.7. The molecule has 1 aliphatic heterocycles. The largest absolute Gasteiger partial charge is 0.385 e. The molecular weight excluding hydrogens is 216 g/mol. The van der Waals surface area contributed by atoms with Gasteiger partial charge in [-0.2, -0.15) is 0 Å². The fourth-order valence-electron chi connectivity index (χ4n) is 2.61. The molecule has 0 aromatic carbocycles. The smallest absolute Gasteiger partial charge is 0.222 e. The molecule has 0 aromatic heterocycles. The van der Waals surface area contributed by atoms with Crippen molar-refractivity contribution in [3.8, 4) is 0 Å². The molecule has 1 saturated heterocycles. The lowest BCUT2D eigenvalue weighted by Gasteiger charge is -2.46. The number of amides is 1. The van der Waals surface area contributed by atoms with Gasteiger partial charge in [-0.15, -0.1) is 0 Å². The van der Waals surface area contributed by atoms with Crippen LogP contribution < -0.4 is 0 Å². The molecule has 0 unspecified atom stereocenters. The zero-order valence-electron chi connectivity index (χ0n) is 11.7. The van der Waals surface area contributed by atoms with E-state index in [0.29, 0.717) is 6.42 Å². The van der Waals surface area contributed by atoms with E-state index in [0.717, 1.165) is 39.0 Å². The molecule has 0 spiro atoms. The Morgan fingerprint density at radius 3 is 2.35 bits per heavy atom. The van der Waals surface area contributed by atoms with Crippen LogP contribution in [-0.2, 0) is 9.53 Å². The first-order chi connectivity index (χ1) is 8.05. The molecule has 1 aliphatic rings. The van der Waals surface area contributed by atoms with Gasteiger partial charge in [-0.25, -0.2) is 0 Å². The minimum Gasteiger partial charge on any atom is -0.385 e. The minimum atomic E-state index is 0.209. The molecule has 1 rings (SSSR count). The van der Waals surface area contributed by atoms with Gasteiger partial charge in [0.2, 0.25) is 5.91 Å². The molecule has 0 bridgehead atoms. The third-order valence-electron chi connectivity index (χ3n) is 4.07. The lowest BCUT2D eigenvalue weighted by atomic mass is 9.83. The normalized spacial score (nSPS) is 19.7. The quantitative estimate of drug-likeness (QED) is 0.729.